The molecule has 1 aliphatic heterocycles. The first kappa shape index (κ1) is 17.7. The smallest absolute Gasteiger partial charge is 0.362 e. The summed E-state index contributed by atoms with van der Waals surface area (Å²) < 4.78 is 39.5. The predicted octanol–water partition coefficient (Wildman–Crippen LogP) is 3.37. The zero-order chi connectivity index (χ0) is 18.2. The summed E-state index contributed by atoms with van der Waals surface area (Å²) in [4.78, 5) is 17.6. The van der Waals surface area contributed by atoms with E-state index in [0.29, 0.717) is 12.1 Å². The molecule has 1 aliphatic rings. The molecule has 2 aromatic heterocycles. The van der Waals surface area contributed by atoms with Gasteiger partial charge in [-0.25, -0.2) is 0 Å². The summed E-state index contributed by atoms with van der Waals surface area (Å²) in [5.74, 6) is 0.0268. The molecule has 3 rings (SSSR count). The molecule has 25 heavy (non-hydrogen) atoms. The highest BCUT2D eigenvalue weighted by atomic mass is 19.4. The van der Waals surface area contributed by atoms with Crippen LogP contribution in [-0.4, -0.2) is 45.1 Å². The highest BCUT2D eigenvalue weighted by Crippen LogP contribution is 2.29. The minimum Gasteiger partial charge on any atom is -0.362 e. The van der Waals surface area contributed by atoms with Crippen molar-refractivity contribution in [3.8, 4) is 0 Å². The second-order valence-electron chi connectivity index (χ2n) is 6.62. The SMILES string of the molecule is Cc1cc(C(=O)CN2CCCC(n3ccc(C(F)(F)F)n3)C2)c(C)[nH]1. The van der Waals surface area contributed by atoms with Gasteiger partial charge < -0.3 is 4.98 Å². The number of nitrogens with zero attached hydrogens (tertiary/aromatic N) is 3. The third-order valence-corrected chi connectivity index (χ3v) is 4.57. The van der Waals surface area contributed by atoms with E-state index in [-0.39, 0.29) is 18.4 Å². The summed E-state index contributed by atoms with van der Waals surface area (Å²) in [5, 5.41) is 3.67. The molecule has 1 saturated heterocycles. The van der Waals surface area contributed by atoms with Gasteiger partial charge in [-0.1, -0.05) is 0 Å². The number of piperidine rings is 1. The van der Waals surface area contributed by atoms with E-state index in [2.05, 4.69) is 10.1 Å². The molecule has 8 heteroatoms. The predicted molar refractivity (Wildman–Crippen MR) is 86.5 cm³/mol. The average Bonchev–Trinajstić information content (AvgIpc) is 3.14. The third kappa shape index (κ3) is 3.95. The van der Waals surface area contributed by atoms with Crippen molar-refractivity contribution in [3.63, 3.8) is 0 Å². The highest BCUT2D eigenvalue weighted by molar-refractivity contribution is 5.98. The first-order chi connectivity index (χ1) is 11.7. The number of rotatable bonds is 4. The van der Waals surface area contributed by atoms with Crippen molar-refractivity contribution in [2.75, 3.05) is 19.6 Å². The molecule has 2 aromatic rings. The van der Waals surface area contributed by atoms with E-state index >= 15 is 0 Å². The van der Waals surface area contributed by atoms with Gasteiger partial charge in [-0.3, -0.25) is 14.4 Å². The number of H-pyrrole nitrogens is 1. The number of aromatic nitrogens is 3. The van der Waals surface area contributed by atoms with Crippen LogP contribution in [0, 0.1) is 13.8 Å². The van der Waals surface area contributed by atoms with Crippen LogP contribution in [0.15, 0.2) is 18.3 Å². The molecule has 0 amide bonds. The van der Waals surface area contributed by atoms with Gasteiger partial charge in [0.1, 0.15) is 0 Å². The molecule has 3 heterocycles. The number of hydrogen-bond acceptors (Lipinski definition) is 3. The van der Waals surface area contributed by atoms with E-state index in [0.717, 1.165) is 36.8 Å². The van der Waals surface area contributed by atoms with Crippen LogP contribution >= 0.6 is 0 Å². The van der Waals surface area contributed by atoms with Gasteiger partial charge in [-0.2, -0.15) is 18.3 Å². The van der Waals surface area contributed by atoms with Gasteiger partial charge in [0.2, 0.25) is 0 Å². The fraction of sp³-hybridized carbons (Fsp3) is 0.529. The van der Waals surface area contributed by atoms with E-state index in [9.17, 15) is 18.0 Å². The van der Waals surface area contributed by atoms with Crippen LogP contribution in [0.25, 0.3) is 0 Å². The minimum absolute atomic E-state index is 0.0268. The number of hydrogen-bond donors (Lipinski definition) is 1. The number of likely N-dealkylation sites (tertiary alicyclic amines) is 1. The standard InChI is InChI=1S/C17H21F3N4O/c1-11-8-14(12(2)21-11)15(25)10-23-6-3-4-13(9-23)24-7-5-16(22-24)17(18,19)20/h5,7-8,13,21H,3-4,6,9-10H2,1-2H3. The van der Waals surface area contributed by atoms with Crippen LogP contribution in [-0.2, 0) is 6.18 Å². The van der Waals surface area contributed by atoms with Crippen LogP contribution in [0.3, 0.4) is 0 Å². The normalized spacial score (nSPS) is 19.3. The largest absolute Gasteiger partial charge is 0.435 e. The number of alkyl halides is 3. The highest BCUT2D eigenvalue weighted by Gasteiger charge is 2.34. The molecule has 0 spiro atoms. The Morgan fingerprint density at radius 1 is 1.40 bits per heavy atom. The maximum Gasteiger partial charge on any atom is 0.435 e. The Morgan fingerprint density at radius 2 is 2.16 bits per heavy atom. The molecule has 1 N–H and O–H groups in total. The minimum atomic E-state index is -4.43. The number of aryl methyl sites for hydroxylation is 2. The van der Waals surface area contributed by atoms with Gasteiger partial charge in [-0.05, 0) is 45.4 Å². The van der Waals surface area contributed by atoms with E-state index in [4.69, 9.17) is 0 Å². The van der Waals surface area contributed by atoms with Crippen LogP contribution in [0.2, 0.25) is 0 Å². The third-order valence-electron chi connectivity index (χ3n) is 4.57. The molecule has 5 nitrogen and oxygen atoms in total. The first-order valence-electron chi connectivity index (χ1n) is 8.28. The summed E-state index contributed by atoms with van der Waals surface area (Å²) in [7, 11) is 0. The molecule has 0 aromatic carbocycles. The van der Waals surface area contributed by atoms with Crippen molar-refractivity contribution < 1.29 is 18.0 Å². The van der Waals surface area contributed by atoms with Crippen LogP contribution < -0.4 is 0 Å². The van der Waals surface area contributed by atoms with E-state index in [1.54, 1.807) is 0 Å². The fourth-order valence-corrected chi connectivity index (χ4v) is 3.39. The van der Waals surface area contributed by atoms with E-state index < -0.39 is 11.9 Å². The zero-order valence-corrected chi connectivity index (χ0v) is 14.2. The number of carbonyl (C=O) groups is 1. The molecule has 1 atom stereocenters. The van der Waals surface area contributed by atoms with Crippen LogP contribution in [0.5, 0.6) is 0 Å². The van der Waals surface area contributed by atoms with Crippen molar-refractivity contribution in [2.24, 2.45) is 0 Å². The Kier molecular flexibility index (Phi) is 4.73. The quantitative estimate of drug-likeness (QED) is 0.857. The molecular formula is C17H21F3N4O. The van der Waals surface area contributed by atoms with Crippen molar-refractivity contribution in [3.05, 3.63) is 41.0 Å². The van der Waals surface area contributed by atoms with Gasteiger partial charge in [-0.15, -0.1) is 0 Å². The lowest BCUT2D eigenvalue weighted by molar-refractivity contribution is -0.141. The molecular weight excluding hydrogens is 333 g/mol. The van der Waals surface area contributed by atoms with E-state index in [1.807, 2.05) is 24.8 Å². The summed E-state index contributed by atoms with van der Waals surface area (Å²) >= 11 is 0. The Balaban J connectivity index is 1.66. The number of Topliss-reactive ketones (excluding diaryl/α,β-unsaturated/α-hetero) is 1. The molecule has 1 unspecified atom stereocenters. The second kappa shape index (κ2) is 6.67. The van der Waals surface area contributed by atoms with Crippen LogP contribution in [0.4, 0.5) is 13.2 Å². The lowest BCUT2D eigenvalue weighted by Crippen LogP contribution is -2.40. The zero-order valence-electron chi connectivity index (χ0n) is 14.2. The Bertz CT molecular complexity index is 762. The maximum absolute atomic E-state index is 12.7. The number of nitrogens with one attached hydrogen (secondary N) is 1. The fourth-order valence-electron chi connectivity index (χ4n) is 3.39. The summed E-state index contributed by atoms with van der Waals surface area (Å²) in [6, 6.07) is 2.69. The second-order valence-corrected chi connectivity index (χ2v) is 6.62. The molecule has 1 fully saturated rings. The molecule has 0 saturated carbocycles. The number of halogens is 3. The number of ketones is 1. The van der Waals surface area contributed by atoms with Crippen molar-refractivity contribution in [2.45, 2.75) is 38.9 Å². The van der Waals surface area contributed by atoms with Crippen molar-refractivity contribution >= 4 is 5.78 Å². The van der Waals surface area contributed by atoms with E-state index in [1.165, 1.54) is 10.9 Å². The number of carbonyl (C=O) groups excluding carboxylic acids is 1. The average molecular weight is 354 g/mol. The summed E-state index contributed by atoms with van der Waals surface area (Å²) in [6.07, 6.45) is -1.48. The molecule has 0 radical (unpaired) electrons. The summed E-state index contributed by atoms with van der Waals surface area (Å²) in [5.41, 5.74) is 1.59. The Labute approximate surface area is 143 Å². The lowest BCUT2D eigenvalue weighted by atomic mass is 10.0. The Morgan fingerprint density at radius 3 is 2.76 bits per heavy atom. The van der Waals surface area contributed by atoms with Crippen molar-refractivity contribution in [1.29, 1.82) is 0 Å². The Hall–Kier alpha value is -2.09. The van der Waals surface area contributed by atoms with Gasteiger partial charge >= 0.3 is 6.18 Å². The molecule has 136 valence electrons. The molecule has 0 bridgehead atoms. The van der Waals surface area contributed by atoms with Gasteiger partial charge in [0.05, 0.1) is 12.6 Å². The van der Waals surface area contributed by atoms with Crippen molar-refractivity contribution in [1.82, 2.24) is 19.7 Å². The maximum atomic E-state index is 12.7. The van der Waals surface area contributed by atoms with Gasteiger partial charge in [0.25, 0.3) is 0 Å². The van der Waals surface area contributed by atoms with Gasteiger partial charge in [0.15, 0.2) is 11.5 Å². The lowest BCUT2D eigenvalue weighted by Gasteiger charge is -2.32. The summed E-state index contributed by atoms with van der Waals surface area (Å²) in [6.45, 7) is 5.31. The topological polar surface area (TPSA) is 53.9 Å². The number of aromatic amines is 1. The monoisotopic (exact) mass is 354 g/mol. The molecule has 0 aliphatic carbocycles. The first-order valence-corrected chi connectivity index (χ1v) is 8.28. The van der Waals surface area contributed by atoms with Gasteiger partial charge in [0, 0.05) is 29.7 Å². The van der Waals surface area contributed by atoms with Crippen LogP contribution in [0.1, 0.15) is 46.3 Å².